The maximum atomic E-state index is 12.1. The monoisotopic (exact) mass is 330 g/mol. The Morgan fingerprint density at radius 2 is 2.14 bits per heavy atom. The molecule has 0 saturated carbocycles. The molecule has 0 radical (unpaired) electrons. The molecule has 0 aromatic heterocycles. The van der Waals surface area contributed by atoms with Crippen LogP contribution in [0.15, 0.2) is 18.2 Å². The molecule has 1 aliphatic rings. The third kappa shape index (κ3) is 4.25. The molecule has 21 heavy (non-hydrogen) atoms. The number of benzene rings is 1. The number of rotatable bonds is 4. The van der Waals surface area contributed by atoms with Crippen LogP contribution >= 0.6 is 23.2 Å². The van der Waals surface area contributed by atoms with Gasteiger partial charge in [-0.2, -0.15) is 0 Å². The largest absolute Gasteiger partial charge is 0.482 e. The van der Waals surface area contributed by atoms with Crippen LogP contribution in [0.3, 0.4) is 0 Å². The van der Waals surface area contributed by atoms with E-state index in [-0.39, 0.29) is 24.3 Å². The van der Waals surface area contributed by atoms with Crippen molar-refractivity contribution in [3.8, 4) is 5.75 Å². The molecule has 114 valence electrons. The molecular weight excluding hydrogens is 315 g/mol. The van der Waals surface area contributed by atoms with Gasteiger partial charge in [-0.1, -0.05) is 23.2 Å². The molecule has 2 amide bonds. The van der Waals surface area contributed by atoms with E-state index in [1.165, 1.54) is 0 Å². The molecule has 1 aromatic carbocycles. The molecule has 0 unspecified atom stereocenters. The average molecular weight is 331 g/mol. The third-order valence-electron chi connectivity index (χ3n) is 3.42. The summed E-state index contributed by atoms with van der Waals surface area (Å²) in [6.07, 6.45) is 1.49. The van der Waals surface area contributed by atoms with Gasteiger partial charge in [-0.3, -0.25) is 9.59 Å². The summed E-state index contributed by atoms with van der Waals surface area (Å²) in [6.45, 7) is 0.832. The highest BCUT2D eigenvalue weighted by molar-refractivity contribution is 6.35. The summed E-state index contributed by atoms with van der Waals surface area (Å²) >= 11 is 11.8. The number of piperidine rings is 1. The predicted octanol–water partition coefficient (Wildman–Crippen LogP) is 2.10. The molecule has 0 aliphatic carbocycles. The van der Waals surface area contributed by atoms with Crippen molar-refractivity contribution >= 4 is 35.0 Å². The van der Waals surface area contributed by atoms with Crippen LogP contribution in [0.4, 0.5) is 0 Å². The molecule has 1 saturated heterocycles. The number of primary amides is 1. The van der Waals surface area contributed by atoms with Gasteiger partial charge in [-0.25, -0.2) is 0 Å². The Morgan fingerprint density at radius 3 is 2.81 bits per heavy atom. The molecule has 1 atom stereocenters. The number of hydrogen-bond donors (Lipinski definition) is 1. The van der Waals surface area contributed by atoms with E-state index in [1.54, 1.807) is 23.1 Å². The molecule has 2 N–H and O–H groups in total. The molecular formula is C14H16Cl2N2O3. The van der Waals surface area contributed by atoms with Crippen molar-refractivity contribution in [3.05, 3.63) is 28.2 Å². The van der Waals surface area contributed by atoms with E-state index in [4.69, 9.17) is 33.7 Å². The zero-order valence-corrected chi connectivity index (χ0v) is 12.9. The van der Waals surface area contributed by atoms with Crippen LogP contribution in [-0.2, 0) is 9.59 Å². The third-order valence-corrected chi connectivity index (χ3v) is 3.95. The Kier molecular flexibility index (Phi) is 5.31. The summed E-state index contributed by atoms with van der Waals surface area (Å²) in [4.78, 5) is 24.9. The lowest BCUT2D eigenvalue weighted by molar-refractivity contribution is -0.136. The molecule has 1 aromatic rings. The fraction of sp³-hybridized carbons (Fsp3) is 0.429. The van der Waals surface area contributed by atoms with Gasteiger partial charge in [0.2, 0.25) is 5.91 Å². The van der Waals surface area contributed by atoms with Crippen LogP contribution in [-0.4, -0.2) is 36.4 Å². The maximum Gasteiger partial charge on any atom is 0.260 e. The number of ether oxygens (including phenoxy) is 1. The second-order valence-electron chi connectivity index (χ2n) is 4.94. The lowest BCUT2D eigenvalue weighted by Crippen LogP contribution is -2.45. The van der Waals surface area contributed by atoms with Gasteiger partial charge >= 0.3 is 0 Å². The SMILES string of the molecule is NC(=O)[C@@H]1CCCN(C(=O)COc2ccc(Cl)cc2Cl)C1. The molecule has 5 nitrogen and oxygen atoms in total. The molecule has 7 heteroatoms. The number of carbonyl (C=O) groups excluding carboxylic acids is 2. The second kappa shape index (κ2) is 7.00. The fourth-order valence-corrected chi connectivity index (χ4v) is 2.72. The summed E-state index contributed by atoms with van der Waals surface area (Å²) in [6, 6.07) is 4.80. The minimum atomic E-state index is -0.367. The van der Waals surface area contributed by atoms with E-state index in [0.717, 1.165) is 12.8 Å². The Morgan fingerprint density at radius 1 is 1.38 bits per heavy atom. The lowest BCUT2D eigenvalue weighted by Gasteiger charge is -2.31. The minimum absolute atomic E-state index is 0.132. The normalized spacial score (nSPS) is 18.4. The van der Waals surface area contributed by atoms with Crippen molar-refractivity contribution in [3.63, 3.8) is 0 Å². The summed E-state index contributed by atoms with van der Waals surface area (Å²) < 4.78 is 5.40. The minimum Gasteiger partial charge on any atom is -0.482 e. The van der Waals surface area contributed by atoms with Crippen molar-refractivity contribution in [2.45, 2.75) is 12.8 Å². The van der Waals surface area contributed by atoms with Gasteiger partial charge in [0.15, 0.2) is 6.61 Å². The molecule has 2 rings (SSSR count). The van der Waals surface area contributed by atoms with E-state index in [9.17, 15) is 9.59 Å². The highest BCUT2D eigenvalue weighted by atomic mass is 35.5. The zero-order valence-electron chi connectivity index (χ0n) is 11.4. The number of nitrogens with zero attached hydrogens (tertiary/aromatic N) is 1. The number of halogens is 2. The lowest BCUT2D eigenvalue weighted by atomic mass is 9.97. The van der Waals surface area contributed by atoms with E-state index < -0.39 is 0 Å². The molecule has 0 bridgehead atoms. The molecule has 1 fully saturated rings. The summed E-state index contributed by atoms with van der Waals surface area (Å²) in [5.74, 6) is -0.430. The fourth-order valence-electron chi connectivity index (χ4n) is 2.26. The van der Waals surface area contributed by atoms with Crippen LogP contribution in [0.1, 0.15) is 12.8 Å². The van der Waals surface area contributed by atoms with E-state index in [2.05, 4.69) is 0 Å². The first-order chi connectivity index (χ1) is 9.97. The average Bonchev–Trinajstić information content (AvgIpc) is 2.46. The van der Waals surface area contributed by atoms with Gasteiger partial charge in [-0.15, -0.1) is 0 Å². The van der Waals surface area contributed by atoms with Crippen LogP contribution in [0.2, 0.25) is 10.0 Å². The number of nitrogens with two attached hydrogens (primary N) is 1. The van der Waals surface area contributed by atoms with Gasteiger partial charge in [0, 0.05) is 18.1 Å². The van der Waals surface area contributed by atoms with Crippen LogP contribution in [0.5, 0.6) is 5.75 Å². The quantitative estimate of drug-likeness (QED) is 0.918. The van der Waals surface area contributed by atoms with Crippen molar-refractivity contribution < 1.29 is 14.3 Å². The highest BCUT2D eigenvalue weighted by Gasteiger charge is 2.27. The Labute approximate surface area is 132 Å². The summed E-state index contributed by atoms with van der Waals surface area (Å²) in [7, 11) is 0. The molecule has 1 heterocycles. The first-order valence-electron chi connectivity index (χ1n) is 6.62. The van der Waals surface area contributed by atoms with E-state index in [1.807, 2.05) is 0 Å². The first-order valence-corrected chi connectivity index (χ1v) is 7.38. The van der Waals surface area contributed by atoms with E-state index >= 15 is 0 Å². The number of amides is 2. The summed E-state index contributed by atoms with van der Waals surface area (Å²) in [5, 5.41) is 0.850. The number of likely N-dealkylation sites (tertiary alicyclic amines) is 1. The van der Waals surface area contributed by atoms with Crippen molar-refractivity contribution in [1.29, 1.82) is 0 Å². The van der Waals surface area contributed by atoms with Gasteiger partial charge in [0.05, 0.1) is 10.9 Å². The molecule has 0 spiro atoms. The topological polar surface area (TPSA) is 72.6 Å². The van der Waals surface area contributed by atoms with Crippen LogP contribution in [0.25, 0.3) is 0 Å². The Bertz CT molecular complexity index is 551. The van der Waals surface area contributed by atoms with Gasteiger partial charge in [0.1, 0.15) is 5.75 Å². The van der Waals surface area contributed by atoms with E-state index in [0.29, 0.717) is 28.9 Å². The summed E-state index contributed by atoms with van der Waals surface area (Å²) in [5.41, 5.74) is 5.29. The van der Waals surface area contributed by atoms with Crippen molar-refractivity contribution in [1.82, 2.24) is 4.90 Å². The van der Waals surface area contributed by atoms with Crippen molar-refractivity contribution in [2.24, 2.45) is 11.7 Å². The molecule has 1 aliphatic heterocycles. The standard InChI is InChI=1S/C14H16Cl2N2O3/c15-10-3-4-12(11(16)6-10)21-8-13(19)18-5-1-2-9(7-18)14(17)20/h3-4,6,9H,1-2,5,7-8H2,(H2,17,20)/t9-/m1/s1. The number of carbonyl (C=O) groups is 2. The second-order valence-corrected chi connectivity index (χ2v) is 5.79. The Balaban J connectivity index is 1.90. The smallest absolute Gasteiger partial charge is 0.260 e. The van der Waals surface area contributed by atoms with Gasteiger partial charge in [-0.05, 0) is 31.0 Å². The Hall–Kier alpha value is -1.46. The zero-order chi connectivity index (χ0) is 15.4. The maximum absolute atomic E-state index is 12.1. The first kappa shape index (κ1) is 15.9. The van der Waals surface area contributed by atoms with Gasteiger partial charge < -0.3 is 15.4 Å². The predicted molar refractivity (Wildman–Crippen MR) is 80.5 cm³/mol. The van der Waals surface area contributed by atoms with Crippen molar-refractivity contribution in [2.75, 3.05) is 19.7 Å². The van der Waals surface area contributed by atoms with Crippen LogP contribution in [0, 0.1) is 5.92 Å². The van der Waals surface area contributed by atoms with Crippen LogP contribution < -0.4 is 10.5 Å². The highest BCUT2D eigenvalue weighted by Crippen LogP contribution is 2.27. The van der Waals surface area contributed by atoms with Gasteiger partial charge in [0.25, 0.3) is 5.91 Å². The number of hydrogen-bond acceptors (Lipinski definition) is 3.